The molecule has 180 valence electrons. The molecule has 0 aliphatic carbocycles. The van der Waals surface area contributed by atoms with Crippen LogP contribution in [0.15, 0.2) is 77.8 Å². The molecule has 0 saturated heterocycles. The lowest BCUT2D eigenvalue weighted by Gasteiger charge is -2.16. The number of aromatic nitrogens is 1. The predicted molar refractivity (Wildman–Crippen MR) is 124 cm³/mol. The van der Waals surface area contributed by atoms with E-state index in [9.17, 15) is 27.2 Å². The van der Waals surface area contributed by atoms with Gasteiger partial charge in [0.25, 0.3) is 5.91 Å². The summed E-state index contributed by atoms with van der Waals surface area (Å²) < 4.78 is 55.3. The van der Waals surface area contributed by atoms with E-state index >= 15 is 0 Å². The molecule has 3 aromatic carbocycles. The van der Waals surface area contributed by atoms with Gasteiger partial charge in [-0.3, -0.25) is 9.59 Å². The number of fused-ring (bicyclic) bond motifs is 1. The summed E-state index contributed by atoms with van der Waals surface area (Å²) in [7, 11) is 0. The van der Waals surface area contributed by atoms with Crippen LogP contribution < -0.4 is 10.1 Å². The molecule has 1 N–H and O–H groups in total. The smallest absolute Gasteiger partial charge is 0.350 e. The molecule has 1 aromatic heterocycles. The van der Waals surface area contributed by atoms with Gasteiger partial charge in [-0.2, -0.15) is 18.2 Å². The third-order valence-corrected chi connectivity index (χ3v) is 6.36. The lowest BCUT2D eigenvalue weighted by molar-refractivity contribution is -0.137. The van der Waals surface area contributed by atoms with E-state index in [2.05, 4.69) is 10.3 Å². The van der Waals surface area contributed by atoms with Gasteiger partial charge in [0.1, 0.15) is 11.9 Å². The minimum atomic E-state index is -4.49. The predicted octanol–water partition coefficient (Wildman–Crippen LogP) is 5.48. The molecule has 1 atom stereocenters. The minimum absolute atomic E-state index is 0.115. The van der Waals surface area contributed by atoms with E-state index in [-0.39, 0.29) is 16.9 Å². The maximum absolute atomic E-state index is 14.1. The van der Waals surface area contributed by atoms with E-state index < -0.39 is 35.4 Å². The van der Waals surface area contributed by atoms with Gasteiger partial charge in [-0.15, -0.1) is 0 Å². The number of benzene rings is 3. The maximum atomic E-state index is 14.1. The highest BCUT2D eigenvalue weighted by Crippen LogP contribution is 2.29. The Hall–Kier alpha value is -3.79. The molecule has 0 aliphatic rings. The highest BCUT2D eigenvalue weighted by Gasteiger charge is 2.30. The lowest BCUT2D eigenvalue weighted by Crippen LogP contribution is -2.34. The van der Waals surface area contributed by atoms with Crippen LogP contribution in [0, 0.1) is 5.82 Å². The maximum Gasteiger partial charge on any atom is 0.416 e. The van der Waals surface area contributed by atoms with Crippen molar-refractivity contribution in [1.29, 1.82) is 0 Å². The van der Waals surface area contributed by atoms with Crippen molar-refractivity contribution in [2.75, 3.05) is 0 Å². The number of para-hydroxylation sites is 1. The summed E-state index contributed by atoms with van der Waals surface area (Å²) in [5.41, 5.74) is -0.0686. The molecule has 4 rings (SSSR count). The number of halogens is 4. The van der Waals surface area contributed by atoms with Crippen LogP contribution in [0.2, 0.25) is 0 Å². The second kappa shape index (κ2) is 9.83. The fourth-order valence-corrected chi connectivity index (χ4v) is 4.64. The van der Waals surface area contributed by atoms with Crippen LogP contribution in [0.4, 0.5) is 17.6 Å². The second-order valence-corrected chi connectivity index (χ2v) is 8.72. The molecule has 4 aromatic rings. The molecule has 0 radical (unpaired) electrons. The Morgan fingerprint density at radius 2 is 1.74 bits per heavy atom. The van der Waals surface area contributed by atoms with Crippen molar-refractivity contribution >= 4 is 33.4 Å². The summed E-state index contributed by atoms with van der Waals surface area (Å²) in [6, 6.07) is 16.4. The standard InChI is InChI=1S/C25H19F4N3O2S/c1-15(22(33)30-14-16-7-6-8-17(13-16)25(27,28)29)32-20-11-4-5-12-21(20)35-24(32)31-23(34)18-9-2-3-10-19(18)26/h2-13,15H,14H2,1H3,(H,30,33). The number of nitrogens with one attached hydrogen (secondary N) is 1. The highest BCUT2D eigenvalue weighted by molar-refractivity contribution is 7.16. The molecule has 0 spiro atoms. The van der Waals surface area contributed by atoms with E-state index in [0.29, 0.717) is 11.1 Å². The Morgan fingerprint density at radius 3 is 2.49 bits per heavy atom. The first-order valence-electron chi connectivity index (χ1n) is 10.5. The molecule has 35 heavy (non-hydrogen) atoms. The van der Waals surface area contributed by atoms with Crippen LogP contribution in [0.1, 0.15) is 34.5 Å². The van der Waals surface area contributed by atoms with E-state index in [0.717, 1.165) is 22.9 Å². The number of rotatable bonds is 5. The van der Waals surface area contributed by atoms with Gasteiger partial charge < -0.3 is 9.88 Å². The summed E-state index contributed by atoms with van der Waals surface area (Å²) in [5.74, 6) is -1.98. The van der Waals surface area contributed by atoms with Crippen molar-refractivity contribution in [2.24, 2.45) is 4.99 Å². The normalized spacial score (nSPS) is 13.1. The van der Waals surface area contributed by atoms with E-state index in [1.54, 1.807) is 35.8 Å². The molecule has 2 amide bonds. The summed E-state index contributed by atoms with van der Waals surface area (Å²) in [5, 5.41) is 2.64. The zero-order chi connectivity index (χ0) is 25.2. The summed E-state index contributed by atoms with van der Waals surface area (Å²) in [6.45, 7) is 1.48. The van der Waals surface area contributed by atoms with E-state index in [4.69, 9.17) is 0 Å². The number of thiazole rings is 1. The second-order valence-electron chi connectivity index (χ2n) is 7.71. The fourth-order valence-electron chi connectivity index (χ4n) is 3.54. The summed E-state index contributed by atoms with van der Waals surface area (Å²) in [4.78, 5) is 29.9. The Balaban J connectivity index is 1.64. The van der Waals surface area contributed by atoms with Gasteiger partial charge in [-0.1, -0.05) is 47.7 Å². The largest absolute Gasteiger partial charge is 0.416 e. The van der Waals surface area contributed by atoms with Crippen molar-refractivity contribution < 1.29 is 27.2 Å². The number of alkyl halides is 3. The number of amides is 2. The number of carbonyl (C=O) groups excluding carboxylic acids is 2. The quantitative estimate of drug-likeness (QED) is 0.368. The van der Waals surface area contributed by atoms with Crippen LogP contribution in [0.25, 0.3) is 10.2 Å². The first-order valence-corrected chi connectivity index (χ1v) is 11.3. The van der Waals surface area contributed by atoms with Gasteiger partial charge in [0.15, 0.2) is 4.80 Å². The average Bonchev–Trinajstić information content (AvgIpc) is 3.19. The number of nitrogens with zero attached hydrogens (tertiary/aromatic N) is 2. The van der Waals surface area contributed by atoms with Crippen LogP contribution in [-0.2, 0) is 17.5 Å². The lowest BCUT2D eigenvalue weighted by atomic mass is 10.1. The molecule has 0 saturated carbocycles. The molecule has 1 unspecified atom stereocenters. The number of hydrogen-bond acceptors (Lipinski definition) is 3. The third-order valence-electron chi connectivity index (χ3n) is 5.32. The van der Waals surface area contributed by atoms with Crippen molar-refractivity contribution in [3.63, 3.8) is 0 Å². The zero-order valence-electron chi connectivity index (χ0n) is 18.3. The van der Waals surface area contributed by atoms with Gasteiger partial charge in [0.05, 0.1) is 21.3 Å². The van der Waals surface area contributed by atoms with Crippen molar-refractivity contribution in [1.82, 2.24) is 9.88 Å². The molecular formula is C25H19F4N3O2S. The Morgan fingerprint density at radius 1 is 1.03 bits per heavy atom. The van der Waals surface area contributed by atoms with Crippen LogP contribution in [0.3, 0.4) is 0 Å². The monoisotopic (exact) mass is 501 g/mol. The van der Waals surface area contributed by atoms with Crippen molar-refractivity contribution in [3.8, 4) is 0 Å². The van der Waals surface area contributed by atoms with Gasteiger partial charge in [0.2, 0.25) is 5.91 Å². The minimum Gasteiger partial charge on any atom is -0.350 e. The third kappa shape index (κ3) is 5.32. The molecule has 10 heteroatoms. The first-order chi connectivity index (χ1) is 16.6. The van der Waals surface area contributed by atoms with Gasteiger partial charge in [0, 0.05) is 6.54 Å². The number of hydrogen-bond donors (Lipinski definition) is 1. The molecular weight excluding hydrogens is 482 g/mol. The SMILES string of the molecule is CC(C(=O)NCc1cccc(C(F)(F)F)c1)n1c(=NC(=O)c2ccccc2F)sc2ccccc21. The molecule has 0 aliphatic heterocycles. The summed E-state index contributed by atoms with van der Waals surface area (Å²) >= 11 is 1.17. The topological polar surface area (TPSA) is 63.5 Å². The van der Waals surface area contributed by atoms with Crippen LogP contribution in [-0.4, -0.2) is 16.4 Å². The summed E-state index contributed by atoms with van der Waals surface area (Å²) in [6.07, 6.45) is -4.49. The Labute approximate surface area is 201 Å². The van der Waals surface area contributed by atoms with Crippen molar-refractivity contribution in [3.05, 3.63) is 100 Å². The van der Waals surface area contributed by atoms with E-state index in [1.807, 2.05) is 0 Å². The van der Waals surface area contributed by atoms with Crippen LogP contribution in [0.5, 0.6) is 0 Å². The van der Waals surface area contributed by atoms with Crippen LogP contribution >= 0.6 is 11.3 Å². The zero-order valence-corrected chi connectivity index (χ0v) is 19.2. The van der Waals surface area contributed by atoms with Gasteiger partial charge >= 0.3 is 6.18 Å². The highest BCUT2D eigenvalue weighted by atomic mass is 32.1. The van der Waals surface area contributed by atoms with Crippen molar-refractivity contribution in [2.45, 2.75) is 25.7 Å². The Kier molecular flexibility index (Phi) is 6.83. The molecule has 0 fully saturated rings. The van der Waals surface area contributed by atoms with E-state index in [1.165, 1.54) is 41.7 Å². The Bertz CT molecular complexity index is 1470. The molecule has 1 heterocycles. The molecule has 0 bridgehead atoms. The first kappa shape index (κ1) is 24.3. The fraction of sp³-hybridized carbons (Fsp3) is 0.160. The average molecular weight is 502 g/mol. The van der Waals surface area contributed by atoms with Gasteiger partial charge in [-0.05, 0) is 48.9 Å². The number of carbonyl (C=O) groups is 2. The van der Waals surface area contributed by atoms with Gasteiger partial charge in [-0.25, -0.2) is 4.39 Å². The molecule has 5 nitrogen and oxygen atoms in total.